The van der Waals surface area contributed by atoms with E-state index in [2.05, 4.69) is 198 Å². The number of halogens is 3. The summed E-state index contributed by atoms with van der Waals surface area (Å²) in [7, 11) is 0. The Balaban J connectivity index is 0.000000112. The second-order valence-electron chi connectivity index (χ2n) is 51.5. The van der Waals surface area contributed by atoms with Crippen molar-refractivity contribution in [1.29, 1.82) is 0 Å². The molecule has 5 amide bonds. The third-order valence-corrected chi connectivity index (χ3v) is 32.5. The van der Waals surface area contributed by atoms with Gasteiger partial charge >= 0.3 is 0 Å². The van der Waals surface area contributed by atoms with E-state index in [1.54, 1.807) is 41.3 Å². The molecule has 0 unspecified atom stereocenters. The molecule has 30 heteroatoms. The van der Waals surface area contributed by atoms with Crippen LogP contribution in [0.15, 0.2) is 57.5 Å². The topological polar surface area (TPSA) is 241 Å². The van der Waals surface area contributed by atoms with Gasteiger partial charge in [0.15, 0.2) is 11.6 Å². The van der Waals surface area contributed by atoms with Crippen molar-refractivity contribution < 1.29 is 37.1 Å². The van der Waals surface area contributed by atoms with E-state index in [9.17, 15) is 51.5 Å². The van der Waals surface area contributed by atoms with Crippen molar-refractivity contribution in [3.05, 3.63) is 197 Å². The molecule has 0 aromatic carbocycles. The first-order valence-corrected chi connectivity index (χ1v) is 52.6. The molecule has 0 atom stereocenters. The maximum absolute atomic E-state index is 14.5. The molecule has 0 saturated carbocycles. The first-order chi connectivity index (χ1) is 65.9. The predicted molar refractivity (Wildman–Crippen MR) is 554 cm³/mol. The van der Waals surface area contributed by atoms with Gasteiger partial charge in [-0.1, -0.05) is 111 Å². The number of rotatable bonds is 8. The Morgan fingerprint density at radius 2 is 0.718 bits per heavy atom. The summed E-state index contributed by atoms with van der Waals surface area (Å²) in [5.74, 6) is -0.546. The molecular weight excluding hydrogens is 1810 g/mol. The summed E-state index contributed by atoms with van der Waals surface area (Å²) >= 11 is 1.75. The molecule has 0 fully saturated rings. The van der Waals surface area contributed by atoms with Gasteiger partial charge in [-0.25, -0.2) is 22.8 Å². The van der Waals surface area contributed by atoms with Gasteiger partial charge in [0.25, 0.3) is 46.2 Å². The summed E-state index contributed by atoms with van der Waals surface area (Å²) in [5, 5.41) is 15.6. The van der Waals surface area contributed by atoms with Gasteiger partial charge in [-0.2, -0.15) is 19.7 Å². The Hall–Kier alpha value is -10.8. The summed E-state index contributed by atoms with van der Waals surface area (Å²) in [4.78, 5) is 110. The smallest absolute Gasteiger partial charge is 0.279 e. The maximum Gasteiger partial charge on any atom is 0.279 e. The van der Waals surface area contributed by atoms with Gasteiger partial charge in [-0.3, -0.25) is 38.4 Å². The Kier molecular flexibility index (Phi) is 25.9. The highest BCUT2D eigenvalue weighted by atomic mass is 32.1. The number of amides is 5. The van der Waals surface area contributed by atoms with Gasteiger partial charge in [-0.05, 0) is 235 Å². The third-order valence-electron chi connectivity index (χ3n) is 31.2. The van der Waals surface area contributed by atoms with Gasteiger partial charge in [0, 0.05) is 158 Å². The van der Waals surface area contributed by atoms with Crippen LogP contribution < -0.4 is 16.7 Å². The summed E-state index contributed by atoms with van der Waals surface area (Å²) < 4.78 is 62.5. The number of thiophene rings is 1. The summed E-state index contributed by atoms with van der Waals surface area (Å²) in [6.07, 6.45) is 18.2. The largest absolute Gasteiger partial charge is 0.350 e. The lowest BCUT2D eigenvalue weighted by Crippen LogP contribution is -2.31. The molecule has 23 heterocycles. The molecule has 11 aromatic heterocycles. The maximum atomic E-state index is 14.5. The Morgan fingerprint density at radius 1 is 0.303 bits per heavy atom. The Morgan fingerprint density at radius 3 is 1.30 bits per heavy atom. The molecule has 0 bridgehead atoms. The van der Waals surface area contributed by atoms with Crippen molar-refractivity contribution in [1.82, 2.24) is 85.8 Å². The summed E-state index contributed by atoms with van der Waals surface area (Å²) in [5.41, 5.74) is 20.6. The van der Waals surface area contributed by atoms with Crippen LogP contribution >= 0.6 is 11.3 Å². The van der Waals surface area contributed by atoms with E-state index >= 15 is 0 Å². The van der Waals surface area contributed by atoms with Crippen molar-refractivity contribution in [3.8, 4) is 0 Å². The molecule has 142 heavy (non-hydrogen) atoms. The van der Waals surface area contributed by atoms with Crippen LogP contribution in [0.5, 0.6) is 0 Å². The van der Waals surface area contributed by atoms with Gasteiger partial charge in [0.1, 0.15) is 5.39 Å². The summed E-state index contributed by atoms with van der Waals surface area (Å²) in [6.45, 7) is 77.5. The highest BCUT2D eigenvalue weighted by Crippen LogP contribution is 2.50. The molecule has 13 aliphatic rings. The molecule has 26 nitrogen and oxygen atoms in total. The molecule has 1 aliphatic carbocycles. The van der Waals surface area contributed by atoms with Crippen molar-refractivity contribution in [2.75, 3.05) is 0 Å². The minimum atomic E-state index is -0.359. The van der Waals surface area contributed by atoms with Crippen molar-refractivity contribution in [2.45, 2.75) is 406 Å². The molecule has 766 valence electrons. The van der Waals surface area contributed by atoms with Gasteiger partial charge < -0.3 is 56.5 Å². The molecule has 0 N–H and O–H groups in total. The number of fused-ring (bicyclic) bond motifs is 24. The predicted octanol–water partition coefficient (Wildman–Crippen LogP) is 20.5. The van der Waals surface area contributed by atoms with Crippen LogP contribution in [0.4, 0.5) is 13.2 Å². The average molecular weight is 1970 g/mol. The Bertz CT molecular complexity index is 6730. The molecule has 12 aliphatic heterocycles. The molecule has 11 aromatic rings. The van der Waals surface area contributed by atoms with E-state index in [1.165, 1.54) is 54.7 Å². The standard InChI is InChI=1S/C14H18FN3O.2C14H19FN2O.2C14H19N3O.2C14H20N2O.C14H19NOS/c1-8(2)18-13(19)11-10(6-16-18)17-7-14(3,4)5-9(17)12(11)15;1-8(2)16-6-9-10-5-14(3,4)7-17(10)12(15)11(9)13(16)18;1-8(2)16-6-10-11(13(16)18)12(15)9-5-14(3,4)7-17(9)10;1-9(2)17-13(18)11-7-16-8-14(3,4)5-12(16)10(11)6-15-17;1-9(2)17-13(18)11-5-10-6-14(3,4)8-16(10)12(11)7-15-17;1-9(2)16-7-10-11(13(16)17)6-15-8-14(3,4)5-12(10)15;1-9(2)15-7-12-11(13(15)17)5-10-6-14(3,4)8-16(10)12;1-8(2)15-7-10-9-5-14(3,4)6-11(9)17-12(10)13(15)16/h6,8H,5,7H2,1-4H3;2*8H,5-7H2,1-4H3;6-7,9H,5,8H2,1-4H3;5,7,9H,6,8H2,1-4H3;6,9H,5,7-8H2,1-4H3;5,9H,6-8H2,1-4H3;8H,5-7H2,1-4H3. The number of carbonyl (C=O) groups is 5. The second-order valence-corrected chi connectivity index (χ2v) is 52.6. The van der Waals surface area contributed by atoms with Crippen LogP contribution in [0.1, 0.15) is 369 Å². The number of carbonyl (C=O) groups excluding carboxylic acids is 5. The van der Waals surface area contributed by atoms with Gasteiger partial charge in [0.05, 0.1) is 122 Å². The lowest BCUT2D eigenvalue weighted by Gasteiger charge is -2.21. The van der Waals surface area contributed by atoms with E-state index in [0.717, 1.165) is 171 Å². The van der Waals surface area contributed by atoms with Gasteiger partial charge in [0.2, 0.25) is 5.95 Å². The van der Waals surface area contributed by atoms with Crippen molar-refractivity contribution in [3.63, 3.8) is 0 Å². The van der Waals surface area contributed by atoms with Crippen molar-refractivity contribution >= 4 is 73.5 Å². The number of nitrogens with zero attached hydrogens (tertiary/aromatic N) is 18. The highest BCUT2D eigenvalue weighted by molar-refractivity contribution is 7.14. The molecule has 0 spiro atoms. The number of aromatic nitrogens is 13. The van der Waals surface area contributed by atoms with E-state index in [-0.39, 0.29) is 126 Å². The van der Waals surface area contributed by atoms with Crippen LogP contribution in [0.3, 0.4) is 0 Å². The van der Waals surface area contributed by atoms with Crippen LogP contribution in [0, 0.1) is 60.9 Å². The van der Waals surface area contributed by atoms with Crippen LogP contribution in [-0.2, 0) is 136 Å². The lowest BCUT2D eigenvalue weighted by atomic mass is 9.90. The zero-order valence-electron chi connectivity index (χ0n) is 90.4. The molecule has 24 rings (SSSR count). The zero-order chi connectivity index (χ0) is 104. The van der Waals surface area contributed by atoms with Crippen LogP contribution in [-0.4, -0.2) is 146 Å². The minimum absolute atomic E-state index is 0.0298. The second kappa shape index (κ2) is 35.9. The van der Waals surface area contributed by atoms with Gasteiger partial charge in [-0.15, -0.1) is 11.3 Å². The van der Waals surface area contributed by atoms with Crippen LogP contribution in [0.25, 0.3) is 32.6 Å². The normalized spacial score (nSPS) is 19.7. The van der Waals surface area contributed by atoms with Crippen LogP contribution in [0.2, 0.25) is 0 Å². The first kappa shape index (κ1) is 103. The van der Waals surface area contributed by atoms with E-state index < -0.39 is 0 Å². The van der Waals surface area contributed by atoms with Crippen molar-refractivity contribution in [2.24, 2.45) is 43.3 Å². The first-order valence-electron chi connectivity index (χ1n) is 51.8. The number of hydrogen-bond donors (Lipinski definition) is 0. The summed E-state index contributed by atoms with van der Waals surface area (Å²) in [6, 6.07) is 5.46. The Labute approximate surface area is 838 Å². The highest BCUT2D eigenvalue weighted by Gasteiger charge is 2.49. The van der Waals surface area contributed by atoms with E-state index in [1.807, 2.05) is 118 Å². The number of hydrogen-bond acceptors (Lipinski definition) is 12. The monoisotopic (exact) mass is 1970 g/mol. The lowest BCUT2D eigenvalue weighted by molar-refractivity contribution is 0.0716. The van der Waals surface area contributed by atoms with E-state index in [0.29, 0.717) is 82.8 Å². The fraction of sp³-hybridized carbons (Fsp3) is 0.616. The van der Waals surface area contributed by atoms with E-state index in [4.69, 9.17) is 0 Å². The fourth-order valence-corrected chi connectivity index (χ4v) is 25.9. The average Bonchev–Trinajstić information content (AvgIpc) is 1.56. The molecular formula is C112H153F3N18O8S. The molecule has 0 radical (unpaired) electrons. The quantitative estimate of drug-likeness (QED) is 0.138. The molecule has 0 saturated heterocycles. The fourth-order valence-electron chi connectivity index (χ4n) is 24.3. The third kappa shape index (κ3) is 18.4. The SMILES string of the molecule is CC(C)N1Cc2c(c(F)c3n2CC(C)(C)C3)C1=O.CC(C)N1Cc2c(c(F)n3c2CC(C)(C)C3)C1=O.CC(C)N1Cc2c(cc3n2CC(C)(C)C3)C1=O.CC(C)N1Cc2c(cn3c2CC(C)(C)C3)C1=O.CC(C)N1Cc2c(sc3c2CC(C)(C)C3)C1=O.CC(C)n1ncc2c(c(F)c3n2CC(C)(C)C3)c1=O.CC(C)n1ncc2c(cc3n2CC(C)(C)C3)c1=O.CC(C)n1ncc2c3n(cc2c1=O)CC(C)(C)C3. The zero-order valence-corrected chi connectivity index (χ0v) is 91.2. The minimum Gasteiger partial charge on any atom is -0.350 e.